The minimum Gasteiger partial charge on any atom is -0.273 e. The Morgan fingerprint density at radius 2 is 2.50 bits per heavy atom. The molecule has 0 heterocycles. The van der Waals surface area contributed by atoms with Crippen molar-refractivity contribution in [3.8, 4) is 0 Å². The number of amides is 1. The lowest BCUT2D eigenvalue weighted by Crippen LogP contribution is -2.20. The molecule has 0 aromatic rings. The summed E-state index contributed by atoms with van der Waals surface area (Å²) in [5.74, 6) is -0.251. The predicted octanol–water partition coefficient (Wildman–Crippen LogP) is 0.221. The van der Waals surface area contributed by atoms with Gasteiger partial charge in [0.15, 0.2) is 0 Å². The summed E-state index contributed by atoms with van der Waals surface area (Å²) < 4.78 is 3.78. The van der Waals surface area contributed by atoms with Crippen LogP contribution in [0.5, 0.6) is 0 Å². The maximum atomic E-state index is 10.2. The molecule has 0 aliphatic rings. The molecule has 1 amide bonds. The predicted molar refractivity (Wildman–Crippen MR) is 29.6 cm³/mol. The van der Waals surface area contributed by atoms with Crippen molar-refractivity contribution in [2.24, 2.45) is 0 Å². The fraction of sp³-hybridized carbons (Fsp3) is 0.667. The van der Waals surface area contributed by atoms with Crippen LogP contribution in [0.3, 0.4) is 0 Å². The first kappa shape index (κ1) is 7.74. The van der Waals surface area contributed by atoms with Gasteiger partial charge in [0.1, 0.15) is 0 Å². The zero-order chi connectivity index (χ0) is 6.41. The molecule has 0 aliphatic carbocycles. The van der Waals surface area contributed by atoms with Crippen LogP contribution in [0.1, 0.15) is 13.3 Å². The van der Waals surface area contributed by atoms with Gasteiger partial charge in [-0.2, -0.15) is 0 Å². The van der Waals surface area contributed by atoms with Gasteiger partial charge in [-0.1, -0.05) is 11.9 Å². The van der Waals surface area contributed by atoms with E-state index in [0.717, 1.165) is 0 Å². The van der Waals surface area contributed by atoms with Gasteiger partial charge >= 0.3 is 0 Å². The van der Waals surface area contributed by atoms with Crippen molar-refractivity contribution >= 4 is 18.8 Å². The van der Waals surface area contributed by atoms with E-state index in [1.807, 2.05) is 5.48 Å². The molecule has 0 spiro atoms. The fourth-order valence-corrected chi connectivity index (χ4v) is 0.175. The number of carbonyl (C=O) groups is 1. The second-order valence-corrected chi connectivity index (χ2v) is 1.19. The van der Waals surface area contributed by atoms with Crippen molar-refractivity contribution in [1.82, 2.24) is 5.48 Å². The summed E-state index contributed by atoms with van der Waals surface area (Å²) in [5, 5.41) is 0. The Bertz CT molecular complexity index is 76.9. The lowest BCUT2D eigenvalue weighted by Gasteiger charge is -1.95. The standard InChI is InChI=1S/C3H7NO3S/c1-2-3(5)4-6-7-8/h8H,2H2,1H3,(H,4,5). The molecule has 4 nitrogen and oxygen atoms in total. The average molecular weight is 137 g/mol. The lowest BCUT2D eigenvalue weighted by atomic mass is 10.5. The summed E-state index contributed by atoms with van der Waals surface area (Å²) in [6.07, 6.45) is 0.358. The normalized spacial score (nSPS) is 8.75. The van der Waals surface area contributed by atoms with Gasteiger partial charge in [0.2, 0.25) is 5.91 Å². The van der Waals surface area contributed by atoms with E-state index < -0.39 is 0 Å². The number of rotatable bonds is 3. The second-order valence-electron chi connectivity index (χ2n) is 1.04. The van der Waals surface area contributed by atoms with Crippen LogP contribution in [0.15, 0.2) is 0 Å². The highest BCUT2D eigenvalue weighted by atomic mass is 32.1. The molecule has 0 rings (SSSR count). The molecule has 0 unspecified atom stereocenters. The molecule has 0 aliphatic heterocycles. The molecule has 0 aromatic carbocycles. The highest BCUT2D eigenvalue weighted by Crippen LogP contribution is 1.78. The first-order valence-corrected chi connectivity index (χ1v) is 2.43. The van der Waals surface area contributed by atoms with Crippen LogP contribution in [-0.4, -0.2) is 5.91 Å². The molecule has 5 heteroatoms. The Labute approximate surface area is 52.7 Å². The van der Waals surface area contributed by atoms with Gasteiger partial charge in [0.05, 0.1) is 0 Å². The van der Waals surface area contributed by atoms with Crippen molar-refractivity contribution in [3.05, 3.63) is 0 Å². The third-order valence-electron chi connectivity index (χ3n) is 0.514. The van der Waals surface area contributed by atoms with Gasteiger partial charge in [-0.15, -0.1) is 4.33 Å². The molecular weight excluding hydrogens is 130 g/mol. The van der Waals surface area contributed by atoms with E-state index in [-0.39, 0.29) is 5.91 Å². The number of hydrogen-bond donors (Lipinski definition) is 2. The van der Waals surface area contributed by atoms with Crippen LogP contribution in [0.25, 0.3) is 0 Å². The summed E-state index contributed by atoms with van der Waals surface area (Å²) in [7, 11) is 0. The molecule has 0 aromatic heterocycles. The quantitative estimate of drug-likeness (QED) is 0.253. The molecule has 1 N–H and O–H groups in total. The van der Waals surface area contributed by atoms with E-state index in [9.17, 15) is 4.79 Å². The van der Waals surface area contributed by atoms with Crippen LogP contribution < -0.4 is 5.48 Å². The molecular formula is C3H7NO3S. The monoisotopic (exact) mass is 137 g/mol. The summed E-state index contributed by atoms with van der Waals surface area (Å²) >= 11 is 3.20. The van der Waals surface area contributed by atoms with Gasteiger partial charge < -0.3 is 0 Å². The number of hydroxylamine groups is 1. The Hall–Kier alpha value is -0.260. The van der Waals surface area contributed by atoms with Gasteiger partial charge in [-0.25, -0.2) is 5.48 Å². The van der Waals surface area contributed by atoms with Gasteiger partial charge in [0, 0.05) is 19.3 Å². The zero-order valence-electron chi connectivity index (χ0n) is 4.38. The average Bonchev–Trinajstić information content (AvgIpc) is 1.83. The number of thiol groups is 1. The SMILES string of the molecule is CCC(=O)NOOS. The molecule has 0 fully saturated rings. The fourth-order valence-electron chi connectivity index (χ4n) is 0.137. The largest absolute Gasteiger partial charge is 0.273 e. The van der Waals surface area contributed by atoms with Crippen LogP contribution >= 0.6 is 12.9 Å². The number of carbonyl (C=O) groups excluding carboxylic acids is 1. The Morgan fingerprint density at radius 3 is 2.88 bits per heavy atom. The third kappa shape index (κ3) is 3.91. The van der Waals surface area contributed by atoms with Gasteiger partial charge in [0.25, 0.3) is 0 Å². The lowest BCUT2D eigenvalue weighted by molar-refractivity contribution is -0.239. The molecule has 0 bridgehead atoms. The Balaban J connectivity index is 2.99. The second kappa shape index (κ2) is 4.89. The topological polar surface area (TPSA) is 47.6 Å². The molecule has 0 saturated carbocycles. The number of nitrogens with one attached hydrogen (secondary N) is 1. The van der Waals surface area contributed by atoms with E-state index in [2.05, 4.69) is 22.2 Å². The van der Waals surface area contributed by atoms with Crippen LogP contribution in [0, 0.1) is 0 Å². The maximum absolute atomic E-state index is 10.2. The Kier molecular flexibility index (Phi) is 4.73. The van der Waals surface area contributed by atoms with Gasteiger partial charge in [-0.3, -0.25) is 4.79 Å². The van der Waals surface area contributed by atoms with Crippen LogP contribution in [-0.2, 0) is 14.1 Å². The molecule has 8 heavy (non-hydrogen) atoms. The van der Waals surface area contributed by atoms with Crippen molar-refractivity contribution < 1.29 is 14.1 Å². The van der Waals surface area contributed by atoms with Crippen LogP contribution in [0.2, 0.25) is 0 Å². The van der Waals surface area contributed by atoms with Crippen molar-refractivity contribution in [3.63, 3.8) is 0 Å². The smallest absolute Gasteiger partial charge is 0.245 e. The Morgan fingerprint density at radius 1 is 1.88 bits per heavy atom. The highest BCUT2D eigenvalue weighted by Gasteiger charge is 1.92. The first-order valence-electron chi connectivity index (χ1n) is 2.07. The van der Waals surface area contributed by atoms with Crippen LogP contribution in [0.4, 0.5) is 0 Å². The summed E-state index contributed by atoms with van der Waals surface area (Å²) in [6, 6.07) is 0. The first-order chi connectivity index (χ1) is 3.81. The molecule has 0 radical (unpaired) electrons. The van der Waals surface area contributed by atoms with Crippen molar-refractivity contribution in [2.45, 2.75) is 13.3 Å². The van der Waals surface area contributed by atoms with E-state index in [1.165, 1.54) is 0 Å². The minimum atomic E-state index is -0.251. The molecule has 48 valence electrons. The van der Waals surface area contributed by atoms with Crippen molar-refractivity contribution in [1.29, 1.82) is 0 Å². The summed E-state index contributed by atoms with van der Waals surface area (Å²) in [4.78, 5) is 14.2. The minimum absolute atomic E-state index is 0.251. The maximum Gasteiger partial charge on any atom is 0.245 e. The van der Waals surface area contributed by atoms with E-state index >= 15 is 0 Å². The third-order valence-corrected chi connectivity index (χ3v) is 0.588. The highest BCUT2D eigenvalue weighted by molar-refractivity contribution is 7.74. The van der Waals surface area contributed by atoms with Crippen molar-refractivity contribution in [2.75, 3.05) is 0 Å². The molecule has 0 atom stereocenters. The van der Waals surface area contributed by atoms with Gasteiger partial charge in [-0.05, 0) is 0 Å². The van der Waals surface area contributed by atoms with E-state index in [4.69, 9.17) is 0 Å². The number of hydrogen-bond acceptors (Lipinski definition) is 4. The zero-order valence-corrected chi connectivity index (χ0v) is 5.27. The van der Waals surface area contributed by atoms with E-state index in [0.29, 0.717) is 6.42 Å². The summed E-state index contributed by atoms with van der Waals surface area (Å²) in [6.45, 7) is 1.69. The summed E-state index contributed by atoms with van der Waals surface area (Å²) in [5.41, 5.74) is 1.94. The van der Waals surface area contributed by atoms with E-state index in [1.54, 1.807) is 6.92 Å². The molecule has 0 saturated heterocycles.